The Morgan fingerprint density at radius 3 is 2.86 bits per heavy atom. The van der Waals surface area contributed by atoms with Crippen LogP contribution in [0.15, 0.2) is 12.4 Å². The van der Waals surface area contributed by atoms with Gasteiger partial charge in [0, 0.05) is 6.20 Å². The Bertz CT molecular complexity index is 125. The van der Waals surface area contributed by atoms with E-state index in [0.717, 1.165) is 4.68 Å². The quantitative estimate of drug-likeness (QED) is 0.506. The van der Waals surface area contributed by atoms with Crippen LogP contribution in [0.3, 0.4) is 0 Å². The molecule has 0 aliphatic carbocycles. The first kappa shape index (κ1) is 4.23. The van der Waals surface area contributed by atoms with Gasteiger partial charge in [-0.25, -0.2) is 9.07 Å². The van der Waals surface area contributed by atoms with E-state index in [4.69, 9.17) is 0 Å². The lowest BCUT2D eigenvalue weighted by Crippen LogP contribution is -1.91. The van der Waals surface area contributed by atoms with E-state index >= 15 is 0 Å². The number of alkyl halides is 1. The molecule has 7 heavy (non-hydrogen) atoms. The van der Waals surface area contributed by atoms with E-state index in [1.807, 2.05) is 0 Å². The van der Waals surface area contributed by atoms with Crippen molar-refractivity contribution in [2.75, 3.05) is 0 Å². The van der Waals surface area contributed by atoms with Crippen molar-refractivity contribution >= 4 is 0 Å². The highest BCUT2D eigenvalue weighted by atomic mass is 19.1. The van der Waals surface area contributed by atoms with Gasteiger partial charge in [-0.2, -0.15) is 0 Å². The zero-order valence-electron chi connectivity index (χ0n) is 3.58. The van der Waals surface area contributed by atoms with Crippen LogP contribution in [0.1, 0.15) is 0 Å². The van der Waals surface area contributed by atoms with Gasteiger partial charge in [0.15, 0.2) is 6.80 Å². The van der Waals surface area contributed by atoms with Crippen molar-refractivity contribution in [1.82, 2.24) is 15.0 Å². The molecule has 3 nitrogen and oxygen atoms in total. The molecule has 38 valence electrons. The molecule has 0 bridgehead atoms. The van der Waals surface area contributed by atoms with E-state index in [9.17, 15) is 4.39 Å². The molecule has 0 aliphatic rings. The molecule has 0 fully saturated rings. The third kappa shape index (κ3) is 0.734. The van der Waals surface area contributed by atoms with Crippen molar-refractivity contribution < 1.29 is 4.39 Å². The second-order valence-electron chi connectivity index (χ2n) is 1.06. The van der Waals surface area contributed by atoms with Crippen molar-refractivity contribution in [3.63, 3.8) is 0 Å². The summed E-state index contributed by atoms with van der Waals surface area (Å²) in [5.41, 5.74) is 0. The summed E-state index contributed by atoms with van der Waals surface area (Å²) in [7, 11) is 0. The van der Waals surface area contributed by atoms with Crippen LogP contribution in [0.25, 0.3) is 0 Å². The van der Waals surface area contributed by atoms with Crippen molar-refractivity contribution in [3.05, 3.63) is 12.4 Å². The molecule has 0 amide bonds. The highest BCUT2D eigenvalue weighted by Gasteiger charge is 1.81. The van der Waals surface area contributed by atoms with Crippen LogP contribution < -0.4 is 0 Å². The van der Waals surface area contributed by atoms with Crippen molar-refractivity contribution in [1.29, 1.82) is 0 Å². The summed E-state index contributed by atoms with van der Waals surface area (Å²) in [6, 6.07) is 0. The molecule has 0 aromatic carbocycles. The molecule has 0 aliphatic heterocycles. The first-order valence-corrected chi connectivity index (χ1v) is 1.83. The lowest BCUT2D eigenvalue weighted by Gasteiger charge is -1.81. The summed E-state index contributed by atoms with van der Waals surface area (Å²) in [6.07, 6.45) is 2.89. The summed E-state index contributed by atoms with van der Waals surface area (Å²) >= 11 is 0. The van der Waals surface area contributed by atoms with E-state index in [1.54, 1.807) is 0 Å². The van der Waals surface area contributed by atoms with E-state index in [1.165, 1.54) is 12.4 Å². The zero-order chi connectivity index (χ0) is 5.11. The summed E-state index contributed by atoms with van der Waals surface area (Å²) < 4.78 is 12.5. The Labute approximate surface area is 39.8 Å². The van der Waals surface area contributed by atoms with Crippen molar-refractivity contribution in [3.8, 4) is 0 Å². The Balaban J connectivity index is 2.76. The Hall–Kier alpha value is -0.930. The second kappa shape index (κ2) is 1.68. The molecule has 0 spiro atoms. The number of nitrogens with zero attached hydrogens (tertiary/aromatic N) is 3. The highest BCUT2D eigenvalue weighted by Crippen LogP contribution is 1.77. The van der Waals surface area contributed by atoms with Crippen LogP contribution in [-0.2, 0) is 6.80 Å². The van der Waals surface area contributed by atoms with Gasteiger partial charge in [0.1, 0.15) is 0 Å². The fraction of sp³-hybridized carbons (Fsp3) is 0.333. The van der Waals surface area contributed by atoms with Crippen LogP contribution in [0.4, 0.5) is 4.39 Å². The van der Waals surface area contributed by atoms with E-state index in [2.05, 4.69) is 10.3 Å². The monoisotopic (exact) mass is 101 g/mol. The van der Waals surface area contributed by atoms with E-state index < -0.39 is 6.80 Å². The van der Waals surface area contributed by atoms with Crippen LogP contribution in [0.5, 0.6) is 0 Å². The predicted octanol–water partition coefficient (Wildman–Crippen LogP) is 0.205. The average Bonchev–Trinajstić information content (AvgIpc) is 2.14. The summed E-state index contributed by atoms with van der Waals surface area (Å²) in [5, 5.41) is 6.69. The number of rotatable bonds is 1. The first-order valence-electron chi connectivity index (χ1n) is 1.83. The maximum atomic E-state index is 11.4. The van der Waals surface area contributed by atoms with Gasteiger partial charge in [0.25, 0.3) is 0 Å². The van der Waals surface area contributed by atoms with Crippen molar-refractivity contribution in [2.45, 2.75) is 6.80 Å². The van der Waals surface area contributed by atoms with Gasteiger partial charge in [0.05, 0.1) is 6.20 Å². The van der Waals surface area contributed by atoms with Gasteiger partial charge in [-0.05, 0) is 0 Å². The number of hydrogen-bond acceptors (Lipinski definition) is 2. The molecule has 1 aromatic heterocycles. The molecular formula is C3H4FN3. The molecule has 0 N–H and O–H groups in total. The van der Waals surface area contributed by atoms with Gasteiger partial charge >= 0.3 is 0 Å². The van der Waals surface area contributed by atoms with Crippen molar-refractivity contribution in [2.24, 2.45) is 0 Å². The fourth-order valence-corrected chi connectivity index (χ4v) is 0.296. The molecule has 1 heterocycles. The lowest BCUT2D eigenvalue weighted by molar-refractivity contribution is 0.343. The largest absolute Gasteiger partial charge is 0.225 e. The minimum Gasteiger partial charge on any atom is -0.225 e. The standard InChI is InChI=1S/C3H4FN3/c4-3-7-2-1-5-6-7/h1-2H,3H2. The van der Waals surface area contributed by atoms with Crippen LogP contribution in [0, 0.1) is 0 Å². The Kier molecular flexibility index (Phi) is 1.02. The molecule has 0 saturated carbocycles. The SMILES string of the molecule is FCn1ccnn1. The van der Waals surface area contributed by atoms with E-state index in [0.29, 0.717) is 0 Å². The molecule has 0 saturated heterocycles. The highest BCUT2D eigenvalue weighted by molar-refractivity contribution is 4.60. The van der Waals surface area contributed by atoms with Gasteiger partial charge in [-0.15, -0.1) is 5.10 Å². The molecular weight excluding hydrogens is 97.1 g/mol. The summed E-state index contributed by atoms with van der Waals surface area (Å²) in [6.45, 7) is -0.597. The van der Waals surface area contributed by atoms with Gasteiger partial charge in [0.2, 0.25) is 0 Å². The fourth-order valence-electron chi connectivity index (χ4n) is 0.296. The minimum absolute atomic E-state index is 0.597. The van der Waals surface area contributed by atoms with Crippen LogP contribution in [0.2, 0.25) is 0 Å². The average molecular weight is 101 g/mol. The number of hydrogen-bond donors (Lipinski definition) is 0. The third-order valence-corrected chi connectivity index (χ3v) is 0.594. The Morgan fingerprint density at radius 1 is 1.71 bits per heavy atom. The zero-order valence-corrected chi connectivity index (χ0v) is 3.58. The molecule has 0 radical (unpaired) electrons. The smallest absolute Gasteiger partial charge is 0.183 e. The first-order chi connectivity index (χ1) is 3.43. The minimum atomic E-state index is -0.597. The maximum Gasteiger partial charge on any atom is 0.183 e. The normalized spacial score (nSPS) is 9.29. The maximum absolute atomic E-state index is 11.4. The second-order valence-corrected chi connectivity index (χ2v) is 1.06. The van der Waals surface area contributed by atoms with Gasteiger partial charge < -0.3 is 0 Å². The molecule has 1 aromatic rings. The van der Waals surface area contributed by atoms with Gasteiger partial charge in [-0.1, -0.05) is 5.21 Å². The number of aromatic nitrogens is 3. The third-order valence-electron chi connectivity index (χ3n) is 0.594. The summed E-state index contributed by atoms with van der Waals surface area (Å²) in [4.78, 5) is 0. The lowest BCUT2D eigenvalue weighted by atomic mass is 10.9. The van der Waals surface area contributed by atoms with Crippen LogP contribution in [-0.4, -0.2) is 15.0 Å². The van der Waals surface area contributed by atoms with E-state index in [-0.39, 0.29) is 0 Å². The molecule has 0 atom stereocenters. The molecule has 0 unspecified atom stereocenters. The summed E-state index contributed by atoms with van der Waals surface area (Å²) in [5.74, 6) is 0. The van der Waals surface area contributed by atoms with Crippen LogP contribution >= 0.6 is 0 Å². The molecule has 4 heteroatoms. The topological polar surface area (TPSA) is 30.7 Å². The number of halogens is 1. The van der Waals surface area contributed by atoms with Gasteiger partial charge in [-0.3, -0.25) is 0 Å². The Morgan fingerprint density at radius 2 is 2.57 bits per heavy atom. The predicted molar refractivity (Wildman–Crippen MR) is 21.1 cm³/mol. The molecule has 1 rings (SSSR count).